The van der Waals surface area contributed by atoms with Crippen molar-refractivity contribution in [1.29, 1.82) is 0 Å². The van der Waals surface area contributed by atoms with Crippen molar-refractivity contribution in [3.63, 3.8) is 0 Å². The molecule has 0 spiro atoms. The number of unbranched alkanes of at least 4 members (excludes halogenated alkanes) is 5. The molecule has 1 unspecified atom stereocenters. The molecule has 0 N–H and O–H groups in total. The summed E-state index contributed by atoms with van der Waals surface area (Å²) in [6.07, 6.45) is 8.57. The Labute approximate surface area is 173 Å². The van der Waals surface area contributed by atoms with Gasteiger partial charge in [-0.05, 0) is 12.8 Å². The summed E-state index contributed by atoms with van der Waals surface area (Å²) < 4.78 is 4.65. The number of hydrogen-bond donors (Lipinski definition) is 0. The van der Waals surface area contributed by atoms with E-state index in [2.05, 4.69) is 43.0 Å². The summed E-state index contributed by atoms with van der Waals surface area (Å²) in [5.74, 6) is -0.736. The fourth-order valence-corrected chi connectivity index (χ4v) is 2.18. The van der Waals surface area contributed by atoms with E-state index in [1.165, 1.54) is 0 Å². The van der Waals surface area contributed by atoms with Crippen molar-refractivity contribution in [2.75, 3.05) is 0 Å². The van der Waals surface area contributed by atoms with Crippen LogP contribution in [0.15, 0.2) is 0 Å². The van der Waals surface area contributed by atoms with Crippen molar-refractivity contribution in [3.8, 4) is 0 Å². The summed E-state index contributed by atoms with van der Waals surface area (Å²) in [5.41, 5.74) is 0. The quantitative estimate of drug-likeness (QED) is 0.110. The number of carbonyl (C=O) groups is 2. The van der Waals surface area contributed by atoms with Crippen LogP contribution in [-0.4, -0.2) is 61.3 Å². The number of hydrogen-bond acceptors (Lipinski definition) is 3. The second kappa shape index (κ2) is 19.0. The Kier molecular flexibility index (Phi) is 23.1. The molecule has 0 fully saturated rings. The number of carbonyl (C=O) groups excluding carboxylic acids is 2. The molecular weight excluding hydrogens is 462 g/mol. The number of esters is 2. The van der Waals surface area contributed by atoms with Gasteiger partial charge in [-0.3, -0.25) is 9.59 Å². The molecule has 0 rings (SSSR count). The van der Waals surface area contributed by atoms with Crippen LogP contribution in [0.3, 0.4) is 0 Å². The monoisotopic (exact) mass is 486 g/mol. The van der Waals surface area contributed by atoms with Crippen LogP contribution in [0.25, 0.3) is 0 Å². The minimum atomic E-state index is -0.368. The summed E-state index contributed by atoms with van der Waals surface area (Å²) in [7, 11) is 0. The predicted molar refractivity (Wildman–Crippen MR) is 96.5 cm³/mol. The second-order valence-electron chi connectivity index (χ2n) is 4.57. The molecule has 3 nitrogen and oxygen atoms in total. The summed E-state index contributed by atoms with van der Waals surface area (Å²) in [6.45, 7) is 7.37. The predicted octanol–water partition coefficient (Wildman–Crippen LogP) is 4.88. The molecule has 0 saturated heterocycles. The summed E-state index contributed by atoms with van der Waals surface area (Å²) >= 11 is 2.94. The van der Waals surface area contributed by atoms with Gasteiger partial charge in [0.25, 0.3) is 0 Å². The van der Waals surface area contributed by atoms with E-state index in [-0.39, 0.29) is 15.9 Å². The van der Waals surface area contributed by atoms with E-state index < -0.39 is 0 Å². The number of rotatable bonds is 10. The molecule has 20 heavy (non-hydrogen) atoms. The van der Waals surface area contributed by atoms with Crippen molar-refractivity contribution in [2.45, 2.75) is 75.6 Å². The maximum absolute atomic E-state index is 11.6. The molecule has 0 aliphatic heterocycles. The third kappa shape index (κ3) is 16.4. The molecular formula is C14H25BrIKO3. The molecule has 6 heteroatoms. The van der Waals surface area contributed by atoms with Crippen molar-refractivity contribution in [2.24, 2.45) is 0 Å². The number of halogens is 2. The molecule has 1 atom stereocenters. The maximum atomic E-state index is 11.6. The van der Waals surface area contributed by atoms with E-state index in [1.807, 2.05) is 0 Å². The van der Waals surface area contributed by atoms with Gasteiger partial charge in [-0.2, -0.15) is 0 Å². The first-order chi connectivity index (χ1) is 9.61. The summed E-state index contributed by atoms with van der Waals surface area (Å²) in [6, 6.07) is 0. The fraction of sp³-hybridized carbons (Fsp3) is 0.857. The topological polar surface area (TPSA) is 43.4 Å². The van der Waals surface area contributed by atoms with E-state index in [9.17, 15) is 9.59 Å². The van der Waals surface area contributed by atoms with Gasteiger partial charge in [0.15, 0.2) is 0 Å². The third-order valence-corrected chi connectivity index (χ3v) is 3.90. The zero-order chi connectivity index (χ0) is 15.8. The van der Waals surface area contributed by atoms with Gasteiger partial charge >= 0.3 is 64.0 Å². The van der Waals surface area contributed by atoms with Gasteiger partial charge in [0.05, 0.1) is 0 Å². The van der Waals surface area contributed by atoms with Crippen LogP contribution < -0.4 is 0 Å². The molecule has 0 radical (unpaired) electrons. The first-order valence-electron chi connectivity index (χ1n) is 7.38. The normalized spacial score (nSPS) is 11.3. The SMILES string of the molecule is CCCCCCC(=O)OC(=O)C(I)CCCCC.[K][Br]. The Hall–Kier alpha value is 1.99. The van der Waals surface area contributed by atoms with Crippen LogP contribution in [0, 0.1) is 0 Å². The molecule has 0 heterocycles. The Morgan fingerprint density at radius 2 is 1.60 bits per heavy atom. The first-order valence-corrected chi connectivity index (χ1v) is 16.3. The molecule has 0 aromatic heterocycles. The van der Waals surface area contributed by atoms with Gasteiger partial charge < -0.3 is 4.74 Å². The molecule has 0 aliphatic carbocycles. The summed E-state index contributed by atoms with van der Waals surface area (Å²) in [4.78, 5) is 23.0. The van der Waals surface area contributed by atoms with Gasteiger partial charge in [-0.15, -0.1) is 0 Å². The minimum absolute atomic E-state index is 0.186. The Bertz CT molecular complexity index is 253. The van der Waals surface area contributed by atoms with Gasteiger partial charge in [-0.1, -0.05) is 75.0 Å². The molecule has 0 aromatic rings. The Morgan fingerprint density at radius 3 is 2.15 bits per heavy atom. The molecule has 0 amide bonds. The van der Waals surface area contributed by atoms with E-state index >= 15 is 0 Å². The van der Waals surface area contributed by atoms with Crippen LogP contribution in [0.1, 0.15) is 71.6 Å². The number of ether oxygens (including phenoxy) is 1. The fourth-order valence-electron chi connectivity index (χ4n) is 1.61. The second-order valence-corrected chi connectivity index (χ2v) is 6.07. The number of alkyl halides is 1. The average Bonchev–Trinajstić information content (AvgIpc) is 2.46. The van der Waals surface area contributed by atoms with Gasteiger partial charge in [0.1, 0.15) is 3.92 Å². The van der Waals surface area contributed by atoms with E-state index in [0.717, 1.165) is 96.8 Å². The van der Waals surface area contributed by atoms with Crippen LogP contribution >= 0.6 is 29.2 Å². The zero-order valence-corrected chi connectivity index (χ0v) is 19.8. The van der Waals surface area contributed by atoms with E-state index in [0.29, 0.717) is 6.42 Å². The van der Waals surface area contributed by atoms with Crippen LogP contribution in [-0.2, 0) is 14.3 Å². The van der Waals surface area contributed by atoms with E-state index in [1.54, 1.807) is 0 Å². The van der Waals surface area contributed by atoms with Crippen molar-refractivity contribution in [1.82, 2.24) is 0 Å². The van der Waals surface area contributed by atoms with Gasteiger partial charge in [-0.25, -0.2) is 0 Å². The first kappa shape index (κ1) is 24.2. The molecule has 114 valence electrons. The molecule has 0 bridgehead atoms. The van der Waals surface area contributed by atoms with Gasteiger partial charge in [0.2, 0.25) is 0 Å². The molecule has 0 aromatic carbocycles. The molecule has 0 saturated carbocycles. The van der Waals surface area contributed by atoms with Crippen molar-refractivity contribution in [3.05, 3.63) is 0 Å². The van der Waals surface area contributed by atoms with Crippen LogP contribution in [0.5, 0.6) is 0 Å². The van der Waals surface area contributed by atoms with E-state index in [4.69, 9.17) is 4.74 Å². The Morgan fingerprint density at radius 1 is 1.05 bits per heavy atom. The zero-order valence-electron chi connectivity index (χ0n) is 12.9. The van der Waals surface area contributed by atoms with Gasteiger partial charge in [0, 0.05) is 6.42 Å². The third-order valence-electron chi connectivity index (χ3n) is 2.77. The van der Waals surface area contributed by atoms with Crippen LogP contribution in [0.2, 0.25) is 0 Å². The average molecular weight is 487 g/mol. The molecule has 0 aliphatic rings. The van der Waals surface area contributed by atoms with Crippen molar-refractivity contribution >= 4 is 86.5 Å². The van der Waals surface area contributed by atoms with Crippen LogP contribution in [0.4, 0.5) is 0 Å². The Balaban J connectivity index is 0. The summed E-state index contributed by atoms with van der Waals surface area (Å²) in [5, 5.41) is 0. The van der Waals surface area contributed by atoms with Crippen molar-refractivity contribution < 1.29 is 14.3 Å². The standard InChI is InChI=1S/C14H25IO3.BrH.K/c1-3-5-7-9-11-13(16)18-14(17)12(15)10-8-6-4-2;;/h12H,3-11H2,1-2H3;1H;/q;;+1/p-1.